The molecule has 2 fully saturated rings. The summed E-state index contributed by atoms with van der Waals surface area (Å²) in [7, 11) is 0. The summed E-state index contributed by atoms with van der Waals surface area (Å²) < 4.78 is 28.1. The summed E-state index contributed by atoms with van der Waals surface area (Å²) >= 11 is 0. The van der Waals surface area contributed by atoms with Gasteiger partial charge in [-0.05, 0) is 32.1 Å². The lowest BCUT2D eigenvalue weighted by Gasteiger charge is -2.42. The van der Waals surface area contributed by atoms with Crippen molar-refractivity contribution in [1.29, 1.82) is 0 Å². The van der Waals surface area contributed by atoms with Crippen molar-refractivity contribution in [3.63, 3.8) is 0 Å². The molecule has 1 unspecified atom stereocenters. The maximum absolute atomic E-state index is 14.1. The Kier molecular flexibility index (Phi) is 3.95. The van der Waals surface area contributed by atoms with E-state index in [-0.39, 0.29) is 24.8 Å². The van der Waals surface area contributed by atoms with Crippen molar-refractivity contribution in [2.24, 2.45) is 5.41 Å². The predicted molar refractivity (Wildman–Crippen MR) is 77.4 cm³/mol. The predicted octanol–water partition coefficient (Wildman–Crippen LogP) is 2.25. The zero-order valence-corrected chi connectivity index (χ0v) is 12.7. The second kappa shape index (κ2) is 5.63. The van der Waals surface area contributed by atoms with Gasteiger partial charge in [-0.1, -0.05) is 11.6 Å². The maximum atomic E-state index is 14.1. The number of hydrogen-bond donors (Lipinski definition) is 1. The lowest BCUT2D eigenvalue weighted by Crippen LogP contribution is -2.56. The first-order valence-electron chi connectivity index (χ1n) is 8.02. The molecule has 2 amide bonds. The minimum Gasteiger partial charge on any atom is -0.356 e. The normalized spacial score (nSPS) is 31.1. The van der Waals surface area contributed by atoms with Gasteiger partial charge in [0.25, 0.3) is 5.92 Å². The van der Waals surface area contributed by atoms with Gasteiger partial charge in [0, 0.05) is 25.9 Å². The highest BCUT2D eigenvalue weighted by atomic mass is 19.3. The van der Waals surface area contributed by atoms with Crippen LogP contribution in [0.1, 0.15) is 44.9 Å². The highest BCUT2D eigenvalue weighted by molar-refractivity contribution is 5.87. The van der Waals surface area contributed by atoms with Gasteiger partial charge in [-0.2, -0.15) is 0 Å². The van der Waals surface area contributed by atoms with E-state index in [2.05, 4.69) is 11.4 Å². The zero-order chi connectivity index (χ0) is 15.8. The van der Waals surface area contributed by atoms with Gasteiger partial charge in [-0.3, -0.25) is 9.59 Å². The molecular formula is C16H22F2N2O2. The van der Waals surface area contributed by atoms with E-state index in [9.17, 15) is 18.4 Å². The smallest absolute Gasteiger partial charge is 0.266 e. The fraction of sp³-hybridized carbons (Fsp3) is 0.750. The quantitative estimate of drug-likeness (QED) is 0.795. The number of carbonyl (C=O) groups excluding carboxylic acids is 2. The van der Waals surface area contributed by atoms with Gasteiger partial charge in [0.15, 0.2) is 0 Å². The number of amides is 2. The van der Waals surface area contributed by atoms with E-state index in [4.69, 9.17) is 0 Å². The van der Waals surface area contributed by atoms with E-state index in [0.29, 0.717) is 13.0 Å². The molecule has 122 valence electrons. The van der Waals surface area contributed by atoms with E-state index >= 15 is 0 Å². The average Bonchev–Trinajstić information content (AvgIpc) is 2.78. The Bertz CT molecular complexity index is 518. The Morgan fingerprint density at radius 2 is 2.14 bits per heavy atom. The molecule has 2 aliphatic heterocycles. The van der Waals surface area contributed by atoms with Crippen LogP contribution in [0.25, 0.3) is 0 Å². The van der Waals surface area contributed by atoms with Crippen LogP contribution in [0.3, 0.4) is 0 Å². The largest absolute Gasteiger partial charge is 0.356 e. The van der Waals surface area contributed by atoms with Gasteiger partial charge < -0.3 is 10.2 Å². The summed E-state index contributed by atoms with van der Waals surface area (Å²) in [6.07, 6.45) is 6.23. The molecule has 6 heteroatoms. The number of nitrogens with one attached hydrogen (secondary N) is 1. The average molecular weight is 312 g/mol. The molecule has 0 aromatic rings. The molecule has 2 heterocycles. The monoisotopic (exact) mass is 312 g/mol. The molecule has 1 N–H and O–H groups in total. The number of nitrogens with zero attached hydrogens (tertiary/aromatic N) is 1. The first-order chi connectivity index (χ1) is 10.4. The van der Waals surface area contributed by atoms with E-state index < -0.39 is 24.3 Å². The zero-order valence-electron chi connectivity index (χ0n) is 12.7. The number of hydrogen-bond acceptors (Lipinski definition) is 2. The number of alkyl halides is 2. The number of likely N-dealkylation sites (tertiary alicyclic amines) is 1. The van der Waals surface area contributed by atoms with Crippen LogP contribution in [0.15, 0.2) is 11.6 Å². The number of piperidine rings is 1. The third kappa shape index (κ3) is 3.01. The van der Waals surface area contributed by atoms with Crippen LogP contribution < -0.4 is 5.32 Å². The minimum atomic E-state index is -2.99. The van der Waals surface area contributed by atoms with Gasteiger partial charge in [0.1, 0.15) is 0 Å². The lowest BCUT2D eigenvalue weighted by atomic mass is 9.77. The van der Waals surface area contributed by atoms with Crippen LogP contribution >= 0.6 is 0 Å². The van der Waals surface area contributed by atoms with E-state index in [1.165, 1.54) is 4.90 Å². The van der Waals surface area contributed by atoms with Crippen LogP contribution in [0.4, 0.5) is 8.78 Å². The SMILES string of the molecule is O=C(CC1=CCCCC1)N1CC(F)(F)CC2(CCNC2=O)C1. The van der Waals surface area contributed by atoms with Gasteiger partial charge >= 0.3 is 0 Å². The van der Waals surface area contributed by atoms with E-state index in [1.54, 1.807) is 0 Å². The van der Waals surface area contributed by atoms with E-state index in [1.807, 2.05) is 0 Å². The second-order valence-corrected chi connectivity index (χ2v) is 6.85. The molecule has 0 saturated carbocycles. The molecule has 1 atom stereocenters. The Labute approximate surface area is 128 Å². The Morgan fingerprint density at radius 1 is 1.32 bits per heavy atom. The molecule has 2 saturated heterocycles. The van der Waals surface area contributed by atoms with Crippen molar-refractivity contribution in [3.05, 3.63) is 11.6 Å². The standard InChI is InChI=1S/C16H22F2N2O2/c17-16(18)9-15(6-7-19-14(15)22)10-20(11-16)13(21)8-12-4-2-1-3-5-12/h4H,1-3,5-11H2,(H,19,22). The number of halogens is 2. The van der Waals surface area contributed by atoms with Crippen molar-refractivity contribution in [2.75, 3.05) is 19.6 Å². The molecule has 22 heavy (non-hydrogen) atoms. The molecule has 1 spiro atoms. The third-order valence-electron chi connectivity index (χ3n) is 5.00. The summed E-state index contributed by atoms with van der Waals surface area (Å²) in [5.41, 5.74) is -0.0479. The summed E-state index contributed by atoms with van der Waals surface area (Å²) in [5.74, 6) is -3.59. The third-order valence-corrected chi connectivity index (χ3v) is 5.00. The van der Waals surface area contributed by atoms with Crippen molar-refractivity contribution >= 4 is 11.8 Å². The molecule has 1 aliphatic carbocycles. The lowest BCUT2D eigenvalue weighted by molar-refractivity contribution is -0.159. The Morgan fingerprint density at radius 3 is 2.77 bits per heavy atom. The van der Waals surface area contributed by atoms with E-state index in [0.717, 1.165) is 31.3 Å². The first-order valence-corrected chi connectivity index (χ1v) is 8.02. The van der Waals surface area contributed by atoms with Gasteiger partial charge in [-0.25, -0.2) is 8.78 Å². The molecule has 4 nitrogen and oxygen atoms in total. The maximum Gasteiger partial charge on any atom is 0.266 e. The second-order valence-electron chi connectivity index (χ2n) is 6.85. The topological polar surface area (TPSA) is 49.4 Å². The number of carbonyl (C=O) groups is 2. The number of allylic oxidation sites excluding steroid dienone is 1. The van der Waals surface area contributed by atoms with Crippen LogP contribution in [0.5, 0.6) is 0 Å². The van der Waals surface area contributed by atoms with Crippen LogP contribution in [0.2, 0.25) is 0 Å². The minimum absolute atomic E-state index is 0.126. The fourth-order valence-corrected chi connectivity index (χ4v) is 3.89. The number of rotatable bonds is 2. The summed E-state index contributed by atoms with van der Waals surface area (Å²) in [6.45, 7) is -0.0171. The Balaban J connectivity index is 1.73. The van der Waals surface area contributed by atoms with Crippen molar-refractivity contribution in [2.45, 2.75) is 50.9 Å². The van der Waals surface area contributed by atoms with Crippen LogP contribution in [0, 0.1) is 5.41 Å². The molecule has 3 aliphatic rings. The summed E-state index contributed by atoms with van der Waals surface area (Å²) in [4.78, 5) is 25.6. The highest BCUT2D eigenvalue weighted by Crippen LogP contribution is 2.43. The molecule has 0 radical (unpaired) electrons. The summed E-state index contributed by atoms with van der Waals surface area (Å²) in [5, 5.41) is 2.64. The highest BCUT2D eigenvalue weighted by Gasteiger charge is 2.55. The van der Waals surface area contributed by atoms with Crippen molar-refractivity contribution < 1.29 is 18.4 Å². The van der Waals surface area contributed by atoms with Crippen molar-refractivity contribution in [1.82, 2.24) is 10.2 Å². The molecule has 0 bridgehead atoms. The van der Waals surface area contributed by atoms with Crippen LogP contribution in [-0.4, -0.2) is 42.3 Å². The molecule has 0 aromatic heterocycles. The molecular weight excluding hydrogens is 290 g/mol. The van der Waals surface area contributed by atoms with Crippen molar-refractivity contribution in [3.8, 4) is 0 Å². The van der Waals surface area contributed by atoms with Gasteiger partial charge in [0.2, 0.25) is 11.8 Å². The molecule has 0 aromatic carbocycles. The van der Waals surface area contributed by atoms with Crippen LogP contribution in [-0.2, 0) is 9.59 Å². The van der Waals surface area contributed by atoms with Gasteiger partial charge in [0.05, 0.1) is 12.0 Å². The Hall–Kier alpha value is -1.46. The fourth-order valence-electron chi connectivity index (χ4n) is 3.89. The first kappa shape index (κ1) is 15.4. The van der Waals surface area contributed by atoms with Gasteiger partial charge in [-0.15, -0.1) is 0 Å². The molecule has 3 rings (SSSR count). The summed E-state index contributed by atoms with van der Waals surface area (Å²) in [6, 6.07) is 0.